The average Bonchev–Trinajstić information content (AvgIpc) is 2.28. The van der Waals surface area contributed by atoms with Gasteiger partial charge in [0.05, 0.1) is 19.3 Å². The van der Waals surface area contributed by atoms with Crippen molar-refractivity contribution in [2.24, 2.45) is 10.9 Å². The lowest BCUT2D eigenvalue weighted by Crippen LogP contribution is -2.15. The number of oxime groups is 1. The molecule has 0 saturated heterocycles. The molecule has 0 bridgehead atoms. The molecular weight excluding hydrogens is 196 g/mol. The number of nitrogens with zero attached hydrogens (tertiary/aromatic N) is 1. The fraction of sp³-hybridized carbons (Fsp3) is 0.300. The summed E-state index contributed by atoms with van der Waals surface area (Å²) in [7, 11) is 3.12. The third-order valence-corrected chi connectivity index (χ3v) is 1.98. The zero-order valence-corrected chi connectivity index (χ0v) is 8.73. The molecule has 15 heavy (non-hydrogen) atoms. The highest BCUT2D eigenvalue weighted by atomic mass is 16.5. The normalized spacial score (nSPS) is 11.5. The monoisotopic (exact) mass is 210 g/mol. The molecule has 0 amide bonds. The number of methoxy groups -OCH3 is 2. The van der Waals surface area contributed by atoms with Crippen molar-refractivity contribution in [3.05, 3.63) is 29.3 Å². The predicted octanol–water partition coefficient (Wildman–Crippen LogP) is 0.936. The van der Waals surface area contributed by atoms with Gasteiger partial charge in [-0.1, -0.05) is 17.3 Å². The second-order valence-corrected chi connectivity index (χ2v) is 2.92. The Balaban J connectivity index is 3.21. The Morgan fingerprint density at radius 3 is 2.73 bits per heavy atom. The van der Waals surface area contributed by atoms with Gasteiger partial charge in [-0.2, -0.15) is 0 Å². The van der Waals surface area contributed by atoms with Crippen LogP contribution >= 0.6 is 0 Å². The fourth-order valence-corrected chi connectivity index (χ4v) is 1.35. The van der Waals surface area contributed by atoms with Gasteiger partial charge < -0.3 is 20.4 Å². The molecule has 0 aliphatic carbocycles. The highest BCUT2D eigenvalue weighted by molar-refractivity contribution is 5.99. The molecule has 0 radical (unpaired) electrons. The van der Waals surface area contributed by atoms with Crippen LogP contribution < -0.4 is 10.5 Å². The fourth-order valence-electron chi connectivity index (χ4n) is 1.35. The SMILES string of the molecule is COCc1cccc(/C(N)=N\O)c1OC. The number of rotatable bonds is 4. The van der Waals surface area contributed by atoms with Crippen LogP contribution in [0.2, 0.25) is 0 Å². The van der Waals surface area contributed by atoms with Crippen molar-refractivity contribution >= 4 is 5.84 Å². The highest BCUT2D eigenvalue weighted by Gasteiger charge is 2.11. The molecule has 0 heterocycles. The highest BCUT2D eigenvalue weighted by Crippen LogP contribution is 2.24. The number of hydrogen-bond donors (Lipinski definition) is 2. The van der Waals surface area contributed by atoms with E-state index in [9.17, 15) is 0 Å². The van der Waals surface area contributed by atoms with Crippen molar-refractivity contribution in [3.63, 3.8) is 0 Å². The first kappa shape index (κ1) is 11.3. The Morgan fingerprint density at radius 2 is 2.20 bits per heavy atom. The number of nitrogens with two attached hydrogens (primary N) is 1. The van der Waals surface area contributed by atoms with E-state index in [1.54, 1.807) is 19.2 Å². The van der Waals surface area contributed by atoms with Gasteiger partial charge in [-0.3, -0.25) is 0 Å². The van der Waals surface area contributed by atoms with Crippen LogP contribution in [0.15, 0.2) is 23.4 Å². The lowest BCUT2D eigenvalue weighted by Gasteiger charge is -2.11. The molecule has 0 spiro atoms. The Labute approximate surface area is 88.1 Å². The van der Waals surface area contributed by atoms with Crippen molar-refractivity contribution in [1.29, 1.82) is 0 Å². The van der Waals surface area contributed by atoms with Crippen LogP contribution in [0, 0.1) is 0 Å². The summed E-state index contributed by atoms with van der Waals surface area (Å²) in [5, 5.41) is 11.5. The van der Waals surface area contributed by atoms with Crippen LogP contribution in [0.4, 0.5) is 0 Å². The van der Waals surface area contributed by atoms with Crippen molar-refractivity contribution in [1.82, 2.24) is 0 Å². The van der Waals surface area contributed by atoms with E-state index in [4.69, 9.17) is 20.4 Å². The van der Waals surface area contributed by atoms with Gasteiger partial charge in [0.1, 0.15) is 5.75 Å². The van der Waals surface area contributed by atoms with E-state index in [0.717, 1.165) is 5.56 Å². The maximum atomic E-state index is 8.61. The van der Waals surface area contributed by atoms with Gasteiger partial charge in [0.2, 0.25) is 0 Å². The predicted molar refractivity (Wildman–Crippen MR) is 56.2 cm³/mol. The quantitative estimate of drug-likeness (QED) is 0.335. The van der Waals surface area contributed by atoms with E-state index in [0.29, 0.717) is 17.9 Å². The molecule has 1 aromatic rings. The molecule has 0 aliphatic heterocycles. The van der Waals surface area contributed by atoms with Gasteiger partial charge in [0, 0.05) is 12.7 Å². The Hall–Kier alpha value is -1.75. The molecule has 0 unspecified atom stereocenters. The number of benzene rings is 1. The standard InChI is InChI=1S/C10H14N2O3/c1-14-6-7-4-3-5-8(9(7)15-2)10(11)12-13/h3-5,13H,6H2,1-2H3,(H2,11,12). The molecule has 0 aromatic heterocycles. The van der Waals surface area contributed by atoms with Crippen molar-refractivity contribution in [3.8, 4) is 5.75 Å². The van der Waals surface area contributed by atoms with Crippen molar-refractivity contribution in [2.45, 2.75) is 6.61 Å². The Kier molecular flexibility index (Phi) is 3.93. The molecule has 0 saturated carbocycles. The second kappa shape index (κ2) is 5.21. The van der Waals surface area contributed by atoms with E-state index >= 15 is 0 Å². The summed E-state index contributed by atoms with van der Waals surface area (Å²) in [5.74, 6) is 0.583. The molecule has 82 valence electrons. The molecule has 5 nitrogen and oxygen atoms in total. The van der Waals surface area contributed by atoms with E-state index in [1.165, 1.54) is 7.11 Å². The van der Waals surface area contributed by atoms with Gasteiger partial charge in [-0.05, 0) is 6.07 Å². The molecule has 3 N–H and O–H groups in total. The van der Waals surface area contributed by atoms with Gasteiger partial charge in [0.25, 0.3) is 0 Å². The lowest BCUT2D eigenvalue weighted by molar-refractivity contribution is 0.181. The second-order valence-electron chi connectivity index (χ2n) is 2.92. The average molecular weight is 210 g/mol. The number of amidine groups is 1. The van der Waals surface area contributed by atoms with E-state index in [-0.39, 0.29) is 5.84 Å². The summed E-state index contributed by atoms with van der Waals surface area (Å²) in [4.78, 5) is 0. The van der Waals surface area contributed by atoms with Crippen LogP contribution in [0.1, 0.15) is 11.1 Å². The summed E-state index contributed by atoms with van der Waals surface area (Å²) < 4.78 is 10.2. The van der Waals surface area contributed by atoms with Crippen LogP contribution in [-0.2, 0) is 11.3 Å². The van der Waals surface area contributed by atoms with Crippen LogP contribution in [-0.4, -0.2) is 25.3 Å². The molecular formula is C10H14N2O3. The number of para-hydroxylation sites is 1. The van der Waals surface area contributed by atoms with Gasteiger partial charge in [0.15, 0.2) is 5.84 Å². The topological polar surface area (TPSA) is 77.1 Å². The zero-order valence-electron chi connectivity index (χ0n) is 8.73. The molecule has 5 heteroatoms. The minimum absolute atomic E-state index is 0.0183. The van der Waals surface area contributed by atoms with E-state index in [2.05, 4.69) is 5.16 Å². The van der Waals surface area contributed by atoms with Crippen molar-refractivity contribution in [2.75, 3.05) is 14.2 Å². The summed E-state index contributed by atoms with van der Waals surface area (Å²) in [6.45, 7) is 0.412. The van der Waals surface area contributed by atoms with Gasteiger partial charge in [-0.25, -0.2) is 0 Å². The smallest absolute Gasteiger partial charge is 0.173 e. The molecule has 0 aliphatic rings. The third kappa shape index (κ3) is 2.38. The first-order valence-corrected chi connectivity index (χ1v) is 4.37. The van der Waals surface area contributed by atoms with E-state index < -0.39 is 0 Å². The first-order valence-electron chi connectivity index (χ1n) is 4.37. The summed E-state index contributed by atoms with van der Waals surface area (Å²) in [6.07, 6.45) is 0. The first-order chi connectivity index (χ1) is 7.24. The summed E-state index contributed by atoms with van der Waals surface area (Å²) in [6, 6.07) is 5.37. The third-order valence-electron chi connectivity index (χ3n) is 1.98. The lowest BCUT2D eigenvalue weighted by atomic mass is 10.1. The van der Waals surface area contributed by atoms with E-state index in [1.807, 2.05) is 6.07 Å². The summed E-state index contributed by atoms with van der Waals surface area (Å²) >= 11 is 0. The number of ether oxygens (including phenoxy) is 2. The largest absolute Gasteiger partial charge is 0.496 e. The van der Waals surface area contributed by atoms with Gasteiger partial charge >= 0.3 is 0 Å². The maximum absolute atomic E-state index is 8.61. The minimum atomic E-state index is 0.0183. The van der Waals surface area contributed by atoms with Crippen LogP contribution in [0.5, 0.6) is 5.75 Å². The summed E-state index contributed by atoms with van der Waals surface area (Å²) in [5.41, 5.74) is 6.92. The molecule has 1 rings (SSSR count). The minimum Gasteiger partial charge on any atom is -0.496 e. The molecule has 0 fully saturated rings. The zero-order chi connectivity index (χ0) is 11.3. The van der Waals surface area contributed by atoms with Crippen LogP contribution in [0.25, 0.3) is 0 Å². The maximum Gasteiger partial charge on any atom is 0.173 e. The molecule has 1 aromatic carbocycles. The Bertz CT molecular complexity index is 364. The van der Waals surface area contributed by atoms with Crippen molar-refractivity contribution < 1.29 is 14.7 Å². The number of hydrogen-bond acceptors (Lipinski definition) is 4. The van der Waals surface area contributed by atoms with Gasteiger partial charge in [-0.15, -0.1) is 0 Å². The molecule has 0 atom stereocenters. The van der Waals surface area contributed by atoms with Crippen LogP contribution in [0.3, 0.4) is 0 Å². The Morgan fingerprint density at radius 1 is 1.47 bits per heavy atom.